The summed E-state index contributed by atoms with van der Waals surface area (Å²) in [5.74, 6) is -1.06. The van der Waals surface area contributed by atoms with Crippen molar-refractivity contribution >= 4 is 40.7 Å². The number of nitrogens with two attached hydrogens (primary N) is 1. The van der Waals surface area contributed by atoms with Gasteiger partial charge in [0.25, 0.3) is 0 Å². The highest BCUT2D eigenvalue weighted by molar-refractivity contribution is 6.33. The summed E-state index contributed by atoms with van der Waals surface area (Å²) in [5.41, 5.74) is 7.73. The number of carbonyl (C=O) groups is 2. The molecule has 0 amide bonds. The molecule has 0 saturated heterocycles. The summed E-state index contributed by atoms with van der Waals surface area (Å²) in [7, 11) is 0. The van der Waals surface area contributed by atoms with E-state index in [-0.39, 0.29) is 42.2 Å². The summed E-state index contributed by atoms with van der Waals surface area (Å²) >= 11 is 6.20. The molecule has 5 rings (SSSR count). The van der Waals surface area contributed by atoms with Crippen LogP contribution in [-0.4, -0.2) is 44.7 Å². The summed E-state index contributed by atoms with van der Waals surface area (Å²) in [5, 5.41) is 0.181. The van der Waals surface area contributed by atoms with Crippen molar-refractivity contribution in [3.63, 3.8) is 0 Å². The number of aromatic nitrogens is 4. The third-order valence-corrected chi connectivity index (χ3v) is 6.60. The monoisotopic (exact) mass is 517 g/mol. The van der Waals surface area contributed by atoms with E-state index in [0.29, 0.717) is 28.7 Å². The molecule has 1 aliphatic rings. The van der Waals surface area contributed by atoms with Crippen LogP contribution < -0.4 is 5.73 Å². The Morgan fingerprint density at radius 2 is 1.54 bits per heavy atom. The fraction of sp³-hybridized carbons (Fsp3) is 0.222. The number of benzene rings is 2. The van der Waals surface area contributed by atoms with Crippen molar-refractivity contribution in [2.45, 2.75) is 12.5 Å². The number of halogens is 1. The van der Waals surface area contributed by atoms with Crippen LogP contribution in [0.4, 0.5) is 5.95 Å². The van der Waals surface area contributed by atoms with E-state index in [1.165, 1.54) is 0 Å². The second kappa shape index (κ2) is 10.8. The molecule has 0 spiro atoms. The summed E-state index contributed by atoms with van der Waals surface area (Å²) in [6.45, 7) is 0.294. The average Bonchev–Trinajstić information content (AvgIpc) is 3.35. The standard InChI is InChI=1S/C27H24ClN5O4/c28-23-22-24(32-27(29)31-23)33(16-30-22)21-12-11-19(14-36-25(34)17-7-3-1-4-8-17)20(13-21)15-37-26(35)18-9-5-2-6-10-18/h1-12,16,19-21H,13-15H2,(H2,29,31,32)/t19-,20-,21+/m1/s1. The van der Waals surface area contributed by atoms with Crippen molar-refractivity contribution in [1.82, 2.24) is 19.5 Å². The van der Waals surface area contributed by atoms with Crippen molar-refractivity contribution in [2.75, 3.05) is 18.9 Å². The first-order valence-corrected chi connectivity index (χ1v) is 12.2. The third-order valence-electron chi connectivity index (χ3n) is 6.34. The largest absolute Gasteiger partial charge is 0.462 e. The molecule has 10 heteroatoms. The van der Waals surface area contributed by atoms with Crippen molar-refractivity contribution in [3.05, 3.63) is 95.4 Å². The Balaban J connectivity index is 1.36. The number of hydrogen-bond acceptors (Lipinski definition) is 8. The number of anilines is 1. The molecule has 1 aliphatic carbocycles. The van der Waals surface area contributed by atoms with Crippen molar-refractivity contribution in [2.24, 2.45) is 11.8 Å². The Morgan fingerprint density at radius 1 is 0.919 bits per heavy atom. The lowest BCUT2D eigenvalue weighted by Gasteiger charge is -2.32. The number of ether oxygens (including phenoxy) is 2. The molecule has 0 aliphatic heterocycles. The molecule has 2 aromatic carbocycles. The number of fused-ring (bicyclic) bond motifs is 1. The van der Waals surface area contributed by atoms with Gasteiger partial charge < -0.3 is 19.8 Å². The first-order chi connectivity index (χ1) is 18.0. The molecule has 37 heavy (non-hydrogen) atoms. The number of carbonyl (C=O) groups excluding carboxylic acids is 2. The molecule has 0 saturated carbocycles. The van der Waals surface area contributed by atoms with Crippen LogP contribution in [0, 0.1) is 11.8 Å². The summed E-state index contributed by atoms with van der Waals surface area (Å²) < 4.78 is 13.2. The lowest BCUT2D eigenvalue weighted by Crippen LogP contribution is -2.31. The highest BCUT2D eigenvalue weighted by atomic mass is 35.5. The van der Waals surface area contributed by atoms with Gasteiger partial charge in [-0.05, 0) is 30.7 Å². The smallest absolute Gasteiger partial charge is 0.338 e. The van der Waals surface area contributed by atoms with Gasteiger partial charge in [0, 0.05) is 11.8 Å². The van der Waals surface area contributed by atoms with E-state index in [2.05, 4.69) is 15.0 Å². The van der Waals surface area contributed by atoms with Gasteiger partial charge in [-0.1, -0.05) is 60.2 Å². The molecular formula is C27H24ClN5O4. The van der Waals surface area contributed by atoms with Gasteiger partial charge in [-0.15, -0.1) is 0 Å². The molecule has 2 aromatic heterocycles. The van der Waals surface area contributed by atoms with Gasteiger partial charge in [0.15, 0.2) is 10.8 Å². The van der Waals surface area contributed by atoms with Crippen LogP contribution >= 0.6 is 11.6 Å². The summed E-state index contributed by atoms with van der Waals surface area (Å²) in [6.07, 6.45) is 6.21. The molecule has 0 bridgehead atoms. The fourth-order valence-corrected chi connectivity index (χ4v) is 4.61. The first-order valence-electron chi connectivity index (χ1n) is 11.8. The Morgan fingerprint density at radius 3 is 2.19 bits per heavy atom. The second-order valence-corrected chi connectivity index (χ2v) is 9.10. The van der Waals surface area contributed by atoms with Crippen LogP contribution in [0.25, 0.3) is 11.2 Å². The quantitative estimate of drug-likeness (QED) is 0.216. The number of esters is 2. The predicted octanol–water partition coefficient (Wildman–Crippen LogP) is 4.51. The summed E-state index contributed by atoms with van der Waals surface area (Å²) in [6, 6.07) is 17.5. The SMILES string of the molecule is Nc1nc(Cl)c2ncn([C@H]3C=C[C@H](COC(=O)c4ccccc4)[C@@H](COC(=O)c4ccccc4)C3)c2n1. The molecule has 0 unspecified atom stereocenters. The number of nitrogen functional groups attached to an aromatic ring is 1. The van der Waals surface area contributed by atoms with Gasteiger partial charge in [0.2, 0.25) is 5.95 Å². The number of nitrogens with zero attached hydrogens (tertiary/aromatic N) is 4. The molecule has 2 N–H and O–H groups in total. The molecule has 9 nitrogen and oxygen atoms in total. The Kier molecular flexibility index (Phi) is 7.14. The van der Waals surface area contributed by atoms with Gasteiger partial charge in [0.1, 0.15) is 5.52 Å². The van der Waals surface area contributed by atoms with E-state index in [1.807, 2.05) is 28.9 Å². The maximum absolute atomic E-state index is 12.6. The second-order valence-electron chi connectivity index (χ2n) is 8.74. The van der Waals surface area contributed by atoms with E-state index in [1.54, 1.807) is 54.9 Å². The van der Waals surface area contributed by atoms with E-state index in [4.69, 9.17) is 26.8 Å². The van der Waals surface area contributed by atoms with Gasteiger partial charge in [-0.25, -0.2) is 14.6 Å². The topological polar surface area (TPSA) is 122 Å². The van der Waals surface area contributed by atoms with E-state index >= 15 is 0 Å². The molecule has 2 heterocycles. The highest BCUT2D eigenvalue weighted by Gasteiger charge is 2.31. The minimum absolute atomic E-state index is 0.0538. The molecule has 0 fully saturated rings. The number of hydrogen-bond donors (Lipinski definition) is 1. The van der Waals surface area contributed by atoms with Gasteiger partial charge in [0.05, 0.1) is 36.7 Å². The maximum atomic E-state index is 12.6. The first kappa shape index (κ1) is 24.5. The maximum Gasteiger partial charge on any atom is 0.338 e. The molecule has 3 atom stereocenters. The van der Waals surface area contributed by atoms with Gasteiger partial charge >= 0.3 is 11.9 Å². The zero-order valence-electron chi connectivity index (χ0n) is 19.7. The normalized spacial score (nSPS) is 19.0. The predicted molar refractivity (Wildman–Crippen MR) is 138 cm³/mol. The zero-order valence-corrected chi connectivity index (χ0v) is 20.5. The minimum atomic E-state index is -0.410. The van der Waals surface area contributed by atoms with Crippen LogP contribution in [0.5, 0.6) is 0 Å². The van der Waals surface area contributed by atoms with Crippen molar-refractivity contribution in [3.8, 4) is 0 Å². The van der Waals surface area contributed by atoms with Crippen molar-refractivity contribution in [1.29, 1.82) is 0 Å². The lowest BCUT2D eigenvalue weighted by atomic mass is 9.82. The van der Waals surface area contributed by atoms with Crippen molar-refractivity contribution < 1.29 is 19.1 Å². The van der Waals surface area contributed by atoms with Crippen LogP contribution in [0.15, 0.2) is 79.1 Å². The van der Waals surface area contributed by atoms with Gasteiger partial charge in [-0.3, -0.25) is 0 Å². The number of allylic oxidation sites excluding steroid dienone is 1. The molecular weight excluding hydrogens is 494 g/mol. The van der Waals surface area contributed by atoms with E-state index in [9.17, 15) is 9.59 Å². The van der Waals surface area contributed by atoms with Crippen LogP contribution in [0.1, 0.15) is 33.2 Å². The average molecular weight is 518 g/mol. The Labute approximate surface area is 217 Å². The van der Waals surface area contributed by atoms with E-state index < -0.39 is 11.9 Å². The zero-order chi connectivity index (χ0) is 25.8. The Bertz CT molecular complexity index is 1440. The molecule has 0 radical (unpaired) electrons. The number of rotatable bonds is 7. The minimum Gasteiger partial charge on any atom is -0.462 e. The van der Waals surface area contributed by atoms with E-state index in [0.717, 1.165) is 0 Å². The lowest BCUT2D eigenvalue weighted by molar-refractivity contribution is 0.0243. The van der Waals surface area contributed by atoms with Crippen LogP contribution in [0.3, 0.4) is 0 Å². The van der Waals surface area contributed by atoms with Crippen LogP contribution in [-0.2, 0) is 9.47 Å². The highest BCUT2D eigenvalue weighted by Crippen LogP contribution is 2.34. The third kappa shape index (κ3) is 5.46. The Hall–Kier alpha value is -4.24. The van der Waals surface area contributed by atoms with Crippen LogP contribution in [0.2, 0.25) is 5.15 Å². The molecule has 188 valence electrons. The number of imidazole rings is 1. The molecule has 4 aromatic rings. The fourth-order valence-electron chi connectivity index (χ4n) is 4.39. The van der Waals surface area contributed by atoms with Gasteiger partial charge in [-0.2, -0.15) is 9.97 Å². The summed E-state index contributed by atoms with van der Waals surface area (Å²) in [4.78, 5) is 37.8.